The molecular weight excluding hydrogens is 615 g/mol. The number of benzene rings is 2. The fraction of sp³-hybridized carbons (Fsp3) is 0.471. The number of likely N-dealkylation sites (tertiary alicyclic amines) is 1. The zero-order valence-electron chi connectivity index (χ0n) is 26.6. The first kappa shape index (κ1) is 33.4. The molecular formula is C34H40ClFN4O6. The molecule has 3 aromatic rings. The van der Waals surface area contributed by atoms with E-state index >= 15 is 4.39 Å². The molecule has 2 fully saturated rings. The zero-order valence-corrected chi connectivity index (χ0v) is 27.3. The lowest BCUT2D eigenvalue weighted by molar-refractivity contribution is -0.148. The number of fused-ring (bicyclic) bond motifs is 1. The molecule has 0 unspecified atom stereocenters. The molecule has 1 aliphatic heterocycles. The molecule has 1 aromatic heterocycles. The van der Waals surface area contributed by atoms with Crippen LogP contribution in [0.25, 0.3) is 10.9 Å². The molecule has 246 valence electrons. The van der Waals surface area contributed by atoms with Crippen LogP contribution in [0.1, 0.15) is 54.9 Å². The second-order valence-corrected chi connectivity index (χ2v) is 12.7. The number of ether oxygens (including phenoxy) is 2. The third kappa shape index (κ3) is 7.20. The molecule has 0 radical (unpaired) electrons. The molecule has 12 heteroatoms. The number of amides is 3. The number of hydrogen-bond acceptors (Lipinski definition) is 6. The van der Waals surface area contributed by atoms with E-state index < -0.39 is 11.7 Å². The number of likely N-dealkylation sites (N-methyl/N-ethyl adjacent to an activating group) is 1. The van der Waals surface area contributed by atoms with E-state index in [9.17, 15) is 19.2 Å². The average Bonchev–Trinajstić information content (AvgIpc) is 3.63. The minimum absolute atomic E-state index is 0.0460. The third-order valence-corrected chi connectivity index (χ3v) is 9.67. The number of aryl methyl sites for hydroxylation is 1. The molecule has 2 aromatic carbocycles. The number of rotatable bonds is 9. The van der Waals surface area contributed by atoms with Crippen molar-refractivity contribution < 1.29 is 33.0 Å². The van der Waals surface area contributed by atoms with Crippen molar-refractivity contribution in [3.63, 3.8) is 0 Å². The highest BCUT2D eigenvalue weighted by molar-refractivity contribution is 6.34. The predicted octanol–water partition coefficient (Wildman–Crippen LogP) is 4.96. The van der Waals surface area contributed by atoms with Crippen LogP contribution in [0.2, 0.25) is 5.02 Å². The fourth-order valence-electron chi connectivity index (χ4n) is 6.57. The third-order valence-electron chi connectivity index (χ3n) is 9.36. The minimum Gasteiger partial charge on any atom is -0.469 e. The van der Waals surface area contributed by atoms with Crippen LogP contribution in [0.5, 0.6) is 0 Å². The number of esters is 1. The van der Waals surface area contributed by atoms with E-state index in [1.54, 1.807) is 23.0 Å². The van der Waals surface area contributed by atoms with Crippen molar-refractivity contribution in [3.8, 4) is 0 Å². The summed E-state index contributed by atoms with van der Waals surface area (Å²) in [6.07, 6.45) is 4.72. The van der Waals surface area contributed by atoms with E-state index in [1.807, 2.05) is 35.9 Å². The van der Waals surface area contributed by atoms with Crippen LogP contribution in [0.15, 0.2) is 42.6 Å². The van der Waals surface area contributed by atoms with Crippen molar-refractivity contribution in [1.29, 1.82) is 0 Å². The van der Waals surface area contributed by atoms with Crippen molar-refractivity contribution in [2.45, 2.75) is 63.6 Å². The standard InChI is InChI=1S/C34H40ClFN4O6/c1-20(41)39(3)23-15-24(19-46-25-11-9-21(10-12-25)34(44)45-4)40(17-23)32(42)14-22-13-28(35)30(16-29(22)36)37-33(43)27-18-38(2)31-8-6-5-7-26(27)31/h5-8,13,16,18,21,23-25H,9-12,14-15,17,19H2,1-4H3,(H,37,43)/t21-,23-,24-,25-/m0/s1. The van der Waals surface area contributed by atoms with E-state index in [4.69, 9.17) is 21.1 Å². The largest absolute Gasteiger partial charge is 0.469 e. The molecule has 0 spiro atoms. The molecule has 1 aliphatic carbocycles. The van der Waals surface area contributed by atoms with Gasteiger partial charge in [0.05, 0.1) is 60.5 Å². The molecule has 3 amide bonds. The number of carbonyl (C=O) groups is 4. The molecule has 1 N–H and O–H groups in total. The van der Waals surface area contributed by atoms with Gasteiger partial charge in [-0.05, 0) is 55.9 Å². The number of hydrogen-bond donors (Lipinski definition) is 1. The Balaban J connectivity index is 1.26. The van der Waals surface area contributed by atoms with Gasteiger partial charge in [0, 0.05) is 44.7 Å². The highest BCUT2D eigenvalue weighted by atomic mass is 35.5. The van der Waals surface area contributed by atoms with Gasteiger partial charge in [0.1, 0.15) is 5.82 Å². The molecule has 1 saturated heterocycles. The van der Waals surface area contributed by atoms with Crippen LogP contribution in [0.4, 0.5) is 10.1 Å². The molecule has 1 saturated carbocycles. The number of carbonyl (C=O) groups excluding carboxylic acids is 4. The van der Waals surface area contributed by atoms with Crippen LogP contribution < -0.4 is 5.32 Å². The van der Waals surface area contributed by atoms with E-state index in [1.165, 1.54) is 20.1 Å². The van der Waals surface area contributed by atoms with Crippen molar-refractivity contribution in [1.82, 2.24) is 14.4 Å². The van der Waals surface area contributed by atoms with Crippen molar-refractivity contribution in [2.75, 3.05) is 32.6 Å². The van der Waals surface area contributed by atoms with Gasteiger partial charge in [0.15, 0.2) is 0 Å². The minimum atomic E-state index is -0.669. The number of anilines is 1. The lowest BCUT2D eigenvalue weighted by Crippen LogP contribution is -2.42. The number of halogens is 2. The highest BCUT2D eigenvalue weighted by Gasteiger charge is 2.39. The summed E-state index contributed by atoms with van der Waals surface area (Å²) < 4.78 is 28.3. The normalized spacial score (nSPS) is 21.3. The zero-order chi connectivity index (χ0) is 33.1. The number of para-hydroxylation sites is 1. The lowest BCUT2D eigenvalue weighted by Gasteiger charge is -2.30. The first-order valence-corrected chi connectivity index (χ1v) is 15.9. The topological polar surface area (TPSA) is 110 Å². The van der Waals surface area contributed by atoms with E-state index in [2.05, 4.69) is 5.32 Å². The Morgan fingerprint density at radius 2 is 1.83 bits per heavy atom. The summed E-state index contributed by atoms with van der Waals surface area (Å²) in [5, 5.41) is 3.57. The molecule has 46 heavy (non-hydrogen) atoms. The van der Waals surface area contributed by atoms with E-state index in [0.717, 1.165) is 17.0 Å². The van der Waals surface area contributed by atoms with Crippen molar-refractivity contribution in [2.24, 2.45) is 13.0 Å². The number of nitrogens with one attached hydrogen (secondary N) is 1. The summed E-state index contributed by atoms with van der Waals surface area (Å²) in [5.41, 5.74) is 1.51. The highest BCUT2D eigenvalue weighted by Crippen LogP contribution is 2.31. The molecule has 2 aliphatic rings. The Morgan fingerprint density at radius 3 is 2.52 bits per heavy atom. The maximum atomic E-state index is 15.4. The van der Waals surface area contributed by atoms with Gasteiger partial charge in [-0.3, -0.25) is 19.2 Å². The maximum Gasteiger partial charge on any atom is 0.308 e. The summed E-state index contributed by atoms with van der Waals surface area (Å²) in [6, 6.07) is 9.46. The van der Waals surface area contributed by atoms with Crippen LogP contribution in [0, 0.1) is 11.7 Å². The van der Waals surface area contributed by atoms with Gasteiger partial charge in [-0.2, -0.15) is 0 Å². The van der Waals surface area contributed by atoms with Crippen LogP contribution >= 0.6 is 11.6 Å². The first-order chi connectivity index (χ1) is 22.0. The fourth-order valence-corrected chi connectivity index (χ4v) is 6.80. The molecule has 10 nitrogen and oxygen atoms in total. The number of methoxy groups -OCH3 is 1. The van der Waals surface area contributed by atoms with Gasteiger partial charge in [0.25, 0.3) is 5.91 Å². The Hall–Kier alpha value is -3.96. The van der Waals surface area contributed by atoms with E-state index in [0.29, 0.717) is 44.2 Å². The summed E-state index contributed by atoms with van der Waals surface area (Å²) >= 11 is 6.50. The molecule has 2 atom stereocenters. The predicted molar refractivity (Wildman–Crippen MR) is 172 cm³/mol. The second kappa shape index (κ2) is 14.2. The lowest BCUT2D eigenvalue weighted by atomic mass is 9.87. The number of nitrogens with zero attached hydrogens (tertiary/aromatic N) is 3. The van der Waals surface area contributed by atoms with E-state index in [-0.39, 0.29) is 71.2 Å². The Bertz CT molecular complexity index is 1640. The van der Waals surface area contributed by atoms with Gasteiger partial charge in [-0.15, -0.1) is 0 Å². The Morgan fingerprint density at radius 1 is 1.11 bits per heavy atom. The van der Waals surface area contributed by atoms with Gasteiger partial charge in [-0.1, -0.05) is 29.8 Å². The smallest absolute Gasteiger partial charge is 0.308 e. The van der Waals surface area contributed by atoms with Crippen LogP contribution in [-0.4, -0.2) is 83.6 Å². The monoisotopic (exact) mass is 654 g/mol. The summed E-state index contributed by atoms with van der Waals surface area (Å²) in [6.45, 7) is 2.05. The Labute approximate surface area is 272 Å². The Kier molecular flexibility index (Phi) is 10.3. The molecule has 0 bridgehead atoms. The number of aromatic nitrogens is 1. The second-order valence-electron chi connectivity index (χ2n) is 12.3. The van der Waals surface area contributed by atoms with Gasteiger partial charge >= 0.3 is 5.97 Å². The summed E-state index contributed by atoms with van der Waals surface area (Å²) in [7, 11) is 4.94. The molecule has 2 heterocycles. The van der Waals surface area contributed by atoms with Crippen molar-refractivity contribution >= 4 is 51.9 Å². The maximum absolute atomic E-state index is 15.4. The van der Waals surface area contributed by atoms with Crippen LogP contribution in [-0.2, 0) is 37.3 Å². The van der Waals surface area contributed by atoms with Crippen LogP contribution in [0.3, 0.4) is 0 Å². The quantitative estimate of drug-likeness (QED) is 0.327. The van der Waals surface area contributed by atoms with Gasteiger partial charge in [-0.25, -0.2) is 4.39 Å². The average molecular weight is 655 g/mol. The SMILES string of the molecule is COC(=O)[C@H]1CC[C@H](OC[C@@H]2C[C@H](N(C)C(C)=O)CN2C(=O)Cc2cc(Cl)c(NC(=O)c3cn(C)c4ccccc34)cc2F)CC1. The first-order valence-electron chi connectivity index (χ1n) is 15.5. The van der Waals surface area contributed by atoms with Crippen molar-refractivity contribution in [3.05, 3.63) is 64.6 Å². The summed E-state index contributed by atoms with van der Waals surface area (Å²) in [5.74, 6) is -1.85. The van der Waals surface area contributed by atoms with Gasteiger partial charge in [0.2, 0.25) is 11.8 Å². The van der Waals surface area contributed by atoms with Gasteiger partial charge < -0.3 is 29.2 Å². The summed E-state index contributed by atoms with van der Waals surface area (Å²) in [4.78, 5) is 54.0. The molecule has 5 rings (SSSR count).